The topological polar surface area (TPSA) is 96.6 Å². The highest BCUT2D eigenvalue weighted by molar-refractivity contribution is 7.91. The van der Waals surface area contributed by atoms with Gasteiger partial charge in [-0.2, -0.15) is 0 Å². The molecule has 7 heteroatoms. The van der Waals surface area contributed by atoms with Crippen molar-refractivity contribution in [2.24, 2.45) is 9.50 Å². The van der Waals surface area contributed by atoms with Gasteiger partial charge in [0.15, 0.2) is 0 Å². The average molecular weight is 411 g/mol. The van der Waals surface area contributed by atoms with E-state index in [1.54, 1.807) is 12.1 Å². The first kappa shape index (κ1) is 18.8. The summed E-state index contributed by atoms with van der Waals surface area (Å²) < 4.78 is 16.8. The van der Waals surface area contributed by atoms with Crippen molar-refractivity contribution in [1.82, 2.24) is 5.32 Å². The Morgan fingerprint density at radius 1 is 1.07 bits per heavy atom. The lowest BCUT2D eigenvalue weighted by Gasteiger charge is -2.28. The molecule has 29 heavy (non-hydrogen) atoms. The number of aryl methyl sites for hydroxylation is 2. The van der Waals surface area contributed by atoms with Crippen molar-refractivity contribution in [3.63, 3.8) is 0 Å². The lowest BCUT2D eigenvalue weighted by atomic mass is 9.98. The van der Waals surface area contributed by atoms with E-state index in [1.807, 2.05) is 12.1 Å². The number of hydrogen-bond acceptors (Lipinski definition) is 3. The normalized spacial score (nSPS) is 21.6. The molecule has 2 aliphatic carbocycles. The lowest BCUT2D eigenvalue weighted by molar-refractivity contribution is 0.260. The van der Waals surface area contributed by atoms with Gasteiger partial charge in [-0.1, -0.05) is 18.2 Å². The highest BCUT2D eigenvalue weighted by Gasteiger charge is 2.25. The van der Waals surface area contributed by atoms with E-state index >= 15 is 0 Å². The van der Waals surface area contributed by atoms with Gasteiger partial charge in [0.05, 0.1) is 4.90 Å². The molecule has 1 saturated heterocycles. The Labute approximate surface area is 171 Å². The number of fused-ring (bicyclic) bond motifs is 2. The summed E-state index contributed by atoms with van der Waals surface area (Å²) in [6.07, 6.45) is 7.34. The molecule has 1 fully saturated rings. The van der Waals surface area contributed by atoms with Crippen molar-refractivity contribution in [2.75, 3.05) is 11.9 Å². The van der Waals surface area contributed by atoms with Crippen molar-refractivity contribution >= 4 is 21.6 Å². The van der Waals surface area contributed by atoms with E-state index < -0.39 is 15.9 Å². The summed E-state index contributed by atoms with van der Waals surface area (Å²) in [6, 6.07) is 9.27. The van der Waals surface area contributed by atoms with Crippen molar-refractivity contribution < 1.29 is 9.00 Å². The molecule has 0 radical (unpaired) electrons. The third kappa shape index (κ3) is 3.47. The number of carbonyl (C=O) groups excluding carboxylic acids is 1. The highest BCUT2D eigenvalue weighted by atomic mass is 32.2. The van der Waals surface area contributed by atoms with Gasteiger partial charge in [-0.15, -0.1) is 4.36 Å². The quantitative estimate of drug-likeness (QED) is 0.721. The molecule has 1 heterocycles. The van der Waals surface area contributed by atoms with Crippen molar-refractivity contribution in [1.29, 1.82) is 0 Å². The van der Waals surface area contributed by atoms with Crippen LogP contribution < -0.4 is 15.8 Å². The smallest absolute Gasteiger partial charge is 0.310 e. The fraction of sp³-hybridized carbons (Fsp3) is 0.409. The fourth-order valence-corrected chi connectivity index (χ4v) is 5.66. The molecular weight excluding hydrogens is 384 g/mol. The molecular formula is C22H26N4O2S. The zero-order valence-corrected chi connectivity index (χ0v) is 17.2. The molecule has 2 aromatic carbocycles. The summed E-state index contributed by atoms with van der Waals surface area (Å²) in [5, 5.41) is 12.2. The number of nitrogens with two attached hydrogens (primary N) is 1. The van der Waals surface area contributed by atoms with Gasteiger partial charge >= 0.3 is 6.03 Å². The van der Waals surface area contributed by atoms with Crippen LogP contribution in [0.15, 0.2) is 39.6 Å². The molecule has 152 valence electrons. The number of nitrogens with zero attached hydrogens (tertiary/aromatic N) is 1. The monoisotopic (exact) mass is 410 g/mol. The van der Waals surface area contributed by atoms with Crippen LogP contribution in [-0.4, -0.2) is 16.8 Å². The van der Waals surface area contributed by atoms with Gasteiger partial charge < -0.3 is 10.6 Å². The van der Waals surface area contributed by atoms with E-state index in [0.29, 0.717) is 10.9 Å². The van der Waals surface area contributed by atoms with E-state index in [4.69, 9.17) is 5.14 Å². The highest BCUT2D eigenvalue weighted by Crippen LogP contribution is 2.38. The van der Waals surface area contributed by atoms with Crippen LogP contribution in [0.3, 0.4) is 0 Å². The van der Waals surface area contributed by atoms with Gasteiger partial charge in [-0.3, -0.25) is 0 Å². The maximum Gasteiger partial charge on any atom is 0.354 e. The third-order valence-electron chi connectivity index (χ3n) is 6.37. The number of carbonyl (C=O) groups is 1. The second-order valence-electron chi connectivity index (χ2n) is 8.19. The van der Waals surface area contributed by atoms with Gasteiger partial charge in [0, 0.05) is 11.7 Å². The number of anilines is 1. The van der Waals surface area contributed by atoms with Gasteiger partial charge in [0.25, 0.3) is 0 Å². The minimum Gasteiger partial charge on any atom is -0.310 e. The fourth-order valence-electron chi connectivity index (χ4n) is 4.74. The molecule has 3 aliphatic rings. The molecule has 2 atom stereocenters. The Kier molecular flexibility index (Phi) is 4.69. The number of benzene rings is 2. The summed E-state index contributed by atoms with van der Waals surface area (Å²) in [4.78, 5) is 13.1. The minimum atomic E-state index is -3.30. The first-order chi connectivity index (χ1) is 14.0. The van der Waals surface area contributed by atoms with Crippen LogP contribution in [0.4, 0.5) is 10.5 Å². The Morgan fingerprint density at radius 3 is 2.24 bits per heavy atom. The van der Waals surface area contributed by atoms with Gasteiger partial charge in [0.1, 0.15) is 9.92 Å². The van der Waals surface area contributed by atoms with Crippen LogP contribution in [0.25, 0.3) is 0 Å². The maximum absolute atomic E-state index is 13.0. The zero-order valence-electron chi connectivity index (χ0n) is 16.4. The molecule has 0 aromatic heterocycles. The van der Waals surface area contributed by atoms with Crippen LogP contribution >= 0.6 is 0 Å². The molecule has 0 saturated carbocycles. The molecule has 2 aromatic rings. The molecule has 6 nitrogen and oxygen atoms in total. The Bertz CT molecular complexity index is 1060. The molecule has 1 aliphatic heterocycles. The van der Waals surface area contributed by atoms with E-state index in [9.17, 15) is 9.00 Å². The van der Waals surface area contributed by atoms with Crippen molar-refractivity contribution in [2.45, 2.75) is 55.9 Å². The number of amides is 2. The average Bonchev–Trinajstić information content (AvgIpc) is 3.29. The molecule has 2 amide bonds. The Balaban J connectivity index is 1.41. The maximum atomic E-state index is 13.0. The molecule has 5 rings (SSSR count). The van der Waals surface area contributed by atoms with E-state index in [-0.39, 0.29) is 0 Å². The molecule has 0 spiro atoms. The van der Waals surface area contributed by atoms with Crippen molar-refractivity contribution in [3.05, 3.63) is 58.1 Å². The number of nitrogens with one attached hydrogen (secondary N) is 2. The van der Waals surface area contributed by atoms with Crippen LogP contribution in [0, 0.1) is 0 Å². The predicted molar refractivity (Wildman–Crippen MR) is 114 cm³/mol. The standard InChI is InChI=1S/C22H26N4O2S/c23-29(28,17-9-7-14(8-10-17)20-11-12-24-20)26-22(27)25-21-18-5-1-3-15(18)13-16-4-2-6-19(16)21/h7-10,13,20,24H,1-6,11-12H2,(H3,23,25,26,27,28)/t20-,29?/m0/s1. The SMILES string of the molecule is NS(=O)(=NC(=O)Nc1c2c(cc3c1CCC3)CCC2)c1ccc([C@@H]2CCN2)cc1. The van der Waals surface area contributed by atoms with Gasteiger partial charge in [0.2, 0.25) is 0 Å². The second kappa shape index (κ2) is 7.23. The summed E-state index contributed by atoms with van der Waals surface area (Å²) in [7, 11) is -3.30. The van der Waals surface area contributed by atoms with Crippen molar-refractivity contribution in [3.8, 4) is 0 Å². The number of rotatable bonds is 3. The third-order valence-corrected chi connectivity index (χ3v) is 7.75. The van der Waals surface area contributed by atoms with E-state index in [0.717, 1.165) is 62.7 Å². The van der Waals surface area contributed by atoms with Crippen LogP contribution in [0.5, 0.6) is 0 Å². The van der Waals surface area contributed by atoms with Gasteiger partial charge in [-0.25, -0.2) is 14.1 Å². The summed E-state index contributed by atoms with van der Waals surface area (Å²) in [5.41, 5.74) is 7.12. The molecule has 1 unspecified atom stereocenters. The number of urea groups is 1. The summed E-state index contributed by atoms with van der Waals surface area (Å²) in [5.74, 6) is 0. The zero-order chi connectivity index (χ0) is 20.0. The van der Waals surface area contributed by atoms with Crippen LogP contribution in [0.1, 0.15) is 53.1 Å². The minimum absolute atomic E-state index is 0.348. The lowest BCUT2D eigenvalue weighted by Crippen LogP contribution is -2.34. The summed E-state index contributed by atoms with van der Waals surface area (Å²) >= 11 is 0. The molecule has 4 N–H and O–H groups in total. The molecule has 0 bridgehead atoms. The summed E-state index contributed by atoms with van der Waals surface area (Å²) in [6.45, 7) is 1.02. The Morgan fingerprint density at radius 2 is 1.69 bits per heavy atom. The predicted octanol–water partition coefficient (Wildman–Crippen LogP) is 3.63. The van der Waals surface area contributed by atoms with E-state index in [2.05, 4.69) is 21.1 Å². The first-order valence-electron chi connectivity index (χ1n) is 10.4. The Hall–Kier alpha value is -2.22. The van der Waals surface area contributed by atoms with Crippen LogP contribution in [0.2, 0.25) is 0 Å². The second-order valence-corrected chi connectivity index (χ2v) is 9.98. The van der Waals surface area contributed by atoms with E-state index in [1.165, 1.54) is 22.3 Å². The van der Waals surface area contributed by atoms with Gasteiger partial charge in [-0.05, 0) is 91.4 Å². The van der Waals surface area contributed by atoms with Crippen LogP contribution in [-0.2, 0) is 35.6 Å². The number of hydrogen-bond donors (Lipinski definition) is 3. The largest absolute Gasteiger partial charge is 0.354 e. The first-order valence-corrected chi connectivity index (χ1v) is 11.9.